The Morgan fingerprint density at radius 2 is 1.38 bits per heavy atom. The van der Waals surface area contributed by atoms with E-state index in [9.17, 15) is 4.79 Å². The average Bonchev–Trinajstić information content (AvgIpc) is 3.37. The number of unbranched alkanes of at least 4 members (excludes halogenated alkanes) is 6. The number of carbonyl (C=O) groups excluding carboxylic acids is 1. The van der Waals surface area contributed by atoms with Crippen molar-refractivity contribution in [1.82, 2.24) is 4.57 Å². The van der Waals surface area contributed by atoms with Gasteiger partial charge in [0.15, 0.2) is 5.78 Å². The van der Waals surface area contributed by atoms with Crippen molar-refractivity contribution >= 4 is 27.6 Å². The molecule has 2 nitrogen and oxygen atoms in total. The second-order valence-electron chi connectivity index (χ2n) is 11.2. The molecule has 0 aliphatic heterocycles. The largest absolute Gasteiger partial charge is 0.341 e. The third-order valence-corrected chi connectivity index (χ3v) is 8.89. The maximum absolute atomic E-state index is 12.2. The zero-order valence-electron chi connectivity index (χ0n) is 23.3. The highest BCUT2D eigenvalue weighted by Gasteiger charge is 2.42. The molecule has 3 aromatic carbocycles. The van der Waals surface area contributed by atoms with E-state index in [1.165, 1.54) is 97.1 Å². The minimum Gasteiger partial charge on any atom is -0.341 e. The van der Waals surface area contributed by atoms with Crippen LogP contribution in [0, 0.1) is 0 Å². The van der Waals surface area contributed by atoms with Crippen LogP contribution in [0.4, 0.5) is 0 Å². The SMILES string of the molecule is CCCCCCC1(CCCCCC)c2ccccc2-c2cc3c4cc(C(C)=O)ccc4n(CC)c3cc21. The highest BCUT2D eigenvalue weighted by atomic mass is 16.1. The van der Waals surface area contributed by atoms with E-state index in [1.54, 1.807) is 18.1 Å². The Kier molecular flexibility index (Phi) is 7.56. The van der Waals surface area contributed by atoms with Gasteiger partial charge in [-0.15, -0.1) is 0 Å². The number of fused-ring (bicyclic) bond motifs is 6. The summed E-state index contributed by atoms with van der Waals surface area (Å²) in [5.74, 6) is 0.129. The van der Waals surface area contributed by atoms with Crippen LogP contribution >= 0.6 is 0 Å². The van der Waals surface area contributed by atoms with Crippen molar-refractivity contribution in [3.63, 3.8) is 0 Å². The van der Waals surface area contributed by atoms with Crippen LogP contribution in [-0.2, 0) is 12.0 Å². The summed E-state index contributed by atoms with van der Waals surface area (Å²) >= 11 is 0. The Morgan fingerprint density at radius 3 is 2.03 bits per heavy atom. The number of nitrogens with zero attached hydrogens (tertiary/aromatic N) is 1. The fraction of sp³-hybridized carbons (Fsp3) is 0.457. The first-order chi connectivity index (χ1) is 18.1. The smallest absolute Gasteiger partial charge is 0.159 e. The van der Waals surface area contributed by atoms with Crippen LogP contribution in [-0.4, -0.2) is 10.4 Å². The summed E-state index contributed by atoms with van der Waals surface area (Å²) in [6.45, 7) is 9.43. The topological polar surface area (TPSA) is 22.0 Å². The molecule has 0 N–H and O–H groups in total. The Morgan fingerprint density at radius 1 is 0.703 bits per heavy atom. The third kappa shape index (κ3) is 4.43. The molecule has 0 atom stereocenters. The van der Waals surface area contributed by atoms with Gasteiger partial charge in [0, 0.05) is 39.3 Å². The Bertz CT molecular complexity index is 1410. The van der Waals surface area contributed by atoms with Gasteiger partial charge in [-0.2, -0.15) is 0 Å². The molecule has 0 spiro atoms. The van der Waals surface area contributed by atoms with Crippen LogP contribution in [0.25, 0.3) is 32.9 Å². The first-order valence-corrected chi connectivity index (χ1v) is 14.8. The second kappa shape index (κ2) is 10.9. The molecule has 2 heteroatoms. The summed E-state index contributed by atoms with van der Waals surface area (Å²) in [6.07, 6.45) is 12.9. The lowest BCUT2D eigenvalue weighted by Crippen LogP contribution is -2.25. The number of hydrogen-bond donors (Lipinski definition) is 0. The number of aromatic nitrogens is 1. The van der Waals surface area contributed by atoms with Gasteiger partial charge < -0.3 is 4.57 Å². The van der Waals surface area contributed by atoms with Crippen molar-refractivity contribution in [2.75, 3.05) is 0 Å². The molecule has 194 valence electrons. The van der Waals surface area contributed by atoms with Crippen molar-refractivity contribution in [3.05, 3.63) is 71.3 Å². The van der Waals surface area contributed by atoms with Crippen LogP contribution < -0.4 is 0 Å². The van der Waals surface area contributed by atoms with Crippen molar-refractivity contribution < 1.29 is 4.79 Å². The number of Topliss-reactive ketones (excluding diaryl/α,β-unsaturated/α-hetero) is 1. The lowest BCUT2D eigenvalue weighted by Gasteiger charge is -2.33. The molecule has 0 radical (unpaired) electrons. The molecule has 0 fully saturated rings. The zero-order chi connectivity index (χ0) is 26.0. The molecule has 37 heavy (non-hydrogen) atoms. The average molecular weight is 494 g/mol. The molecular formula is C35H43NO. The van der Waals surface area contributed by atoms with Gasteiger partial charge in [0.05, 0.1) is 0 Å². The van der Waals surface area contributed by atoms with Crippen molar-refractivity contribution in [3.8, 4) is 11.1 Å². The van der Waals surface area contributed by atoms with Crippen LogP contribution in [0.15, 0.2) is 54.6 Å². The van der Waals surface area contributed by atoms with Crippen molar-refractivity contribution in [2.45, 2.75) is 104 Å². The van der Waals surface area contributed by atoms with Gasteiger partial charge >= 0.3 is 0 Å². The highest BCUT2D eigenvalue weighted by molar-refractivity contribution is 6.12. The number of hydrogen-bond acceptors (Lipinski definition) is 1. The predicted molar refractivity (Wildman–Crippen MR) is 159 cm³/mol. The van der Waals surface area contributed by atoms with E-state index in [0.717, 1.165) is 12.1 Å². The zero-order valence-corrected chi connectivity index (χ0v) is 23.3. The van der Waals surface area contributed by atoms with Gasteiger partial charge in [0.2, 0.25) is 0 Å². The van der Waals surface area contributed by atoms with E-state index in [2.05, 4.69) is 73.9 Å². The minimum atomic E-state index is 0.0984. The predicted octanol–water partition coefficient (Wildman–Crippen LogP) is 10.2. The van der Waals surface area contributed by atoms with Gasteiger partial charge in [-0.1, -0.05) is 89.5 Å². The lowest BCUT2D eigenvalue weighted by atomic mass is 9.70. The summed E-state index contributed by atoms with van der Waals surface area (Å²) in [4.78, 5) is 12.2. The van der Waals surface area contributed by atoms with E-state index >= 15 is 0 Å². The molecule has 1 aromatic heterocycles. The molecule has 1 aliphatic rings. The molecule has 4 aromatic rings. The Hall–Kier alpha value is -2.87. The van der Waals surface area contributed by atoms with Gasteiger partial charge in [-0.05, 0) is 79.3 Å². The molecule has 1 heterocycles. The maximum atomic E-state index is 12.2. The molecule has 5 rings (SSSR count). The minimum absolute atomic E-state index is 0.0984. The molecular weight excluding hydrogens is 450 g/mol. The highest BCUT2D eigenvalue weighted by Crippen LogP contribution is 2.55. The van der Waals surface area contributed by atoms with Gasteiger partial charge in [0.25, 0.3) is 0 Å². The number of rotatable bonds is 12. The normalized spacial score (nSPS) is 13.8. The first-order valence-electron chi connectivity index (χ1n) is 14.8. The fourth-order valence-corrected chi connectivity index (χ4v) is 6.97. The second-order valence-corrected chi connectivity index (χ2v) is 11.2. The molecule has 1 aliphatic carbocycles. The molecule has 0 amide bonds. The van der Waals surface area contributed by atoms with E-state index in [4.69, 9.17) is 0 Å². The summed E-state index contributed by atoms with van der Waals surface area (Å²) in [6, 6.07) is 20.5. The van der Waals surface area contributed by atoms with Crippen LogP contribution in [0.5, 0.6) is 0 Å². The Balaban J connectivity index is 1.73. The first kappa shape index (κ1) is 25.8. The van der Waals surface area contributed by atoms with Crippen LogP contribution in [0.3, 0.4) is 0 Å². The lowest BCUT2D eigenvalue weighted by molar-refractivity contribution is 0.101. The van der Waals surface area contributed by atoms with E-state index in [1.807, 2.05) is 6.07 Å². The van der Waals surface area contributed by atoms with Gasteiger partial charge in [0.1, 0.15) is 0 Å². The van der Waals surface area contributed by atoms with Gasteiger partial charge in [-0.3, -0.25) is 4.79 Å². The van der Waals surface area contributed by atoms with Crippen molar-refractivity contribution in [1.29, 1.82) is 0 Å². The summed E-state index contributed by atoms with van der Waals surface area (Å²) in [5, 5.41) is 2.48. The third-order valence-electron chi connectivity index (χ3n) is 8.89. The molecule has 0 bridgehead atoms. The van der Waals surface area contributed by atoms with Crippen LogP contribution in [0.1, 0.15) is 113 Å². The molecule has 0 unspecified atom stereocenters. The molecule has 0 saturated carbocycles. The maximum Gasteiger partial charge on any atom is 0.159 e. The summed E-state index contributed by atoms with van der Waals surface area (Å²) in [5.41, 5.74) is 9.36. The standard InChI is InChI=1S/C35H43NO/c1-5-8-10-14-20-35(21-15-11-9-6-2)31-17-13-12-16-27(31)28-23-30-29-22-26(25(4)37)18-19-33(29)36(7-3)34(30)24-32(28)35/h12-13,16-19,22-24H,5-11,14-15,20-21H2,1-4H3. The Labute approximate surface area is 223 Å². The van der Waals surface area contributed by atoms with Crippen molar-refractivity contribution in [2.24, 2.45) is 0 Å². The van der Waals surface area contributed by atoms with Gasteiger partial charge in [-0.25, -0.2) is 0 Å². The number of aryl methyl sites for hydroxylation is 1. The summed E-state index contributed by atoms with van der Waals surface area (Å²) in [7, 11) is 0. The number of benzene rings is 3. The van der Waals surface area contributed by atoms with E-state index in [0.29, 0.717) is 0 Å². The summed E-state index contributed by atoms with van der Waals surface area (Å²) < 4.78 is 2.46. The quantitative estimate of drug-likeness (QED) is 0.142. The van der Waals surface area contributed by atoms with E-state index in [-0.39, 0.29) is 11.2 Å². The molecule has 0 saturated heterocycles. The van der Waals surface area contributed by atoms with E-state index < -0.39 is 0 Å². The number of ketones is 1. The van der Waals surface area contributed by atoms with Crippen LogP contribution in [0.2, 0.25) is 0 Å². The number of carbonyl (C=O) groups is 1. The fourth-order valence-electron chi connectivity index (χ4n) is 6.97. The monoisotopic (exact) mass is 493 g/mol.